The second-order valence-electron chi connectivity index (χ2n) is 5.28. The van der Waals surface area contributed by atoms with Gasteiger partial charge in [-0.2, -0.15) is 0 Å². The van der Waals surface area contributed by atoms with Gasteiger partial charge < -0.3 is 9.88 Å². The molecule has 2 aromatic rings. The molecule has 3 nitrogen and oxygen atoms in total. The molecule has 0 saturated carbocycles. The highest BCUT2D eigenvalue weighted by Gasteiger charge is 2.22. The van der Waals surface area contributed by atoms with Gasteiger partial charge in [0.1, 0.15) is 0 Å². The number of aryl methyl sites for hydroxylation is 2. The van der Waals surface area contributed by atoms with Crippen LogP contribution in [0.4, 0.5) is 0 Å². The van der Waals surface area contributed by atoms with Gasteiger partial charge in [0, 0.05) is 13.1 Å². The molecule has 1 aromatic heterocycles. The van der Waals surface area contributed by atoms with E-state index >= 15 is 0 Å². The van der Waals surface area contributed by atoms with Crippen LogP contribution in [0.5, 0.6) is 0 Å². The Bertz CT molecular complexity index is 585. The average molecular weight is 239 g/mol. The summed E-state index contributed by atoms with van der Waals surface area (Å²) in [4.78, 5) is 4.27. The highest BCUT2D eigenvalue weighted by atomic mass is 15.1. The molecule has 2 aliphatic rings. The molecule has 1 unspecified atom stereocenters. The van der Waals surface area contributed by atoms with E-state index in [0.29, 0.717) is 6.04 Å². The third kappa shape index (κ3) is 1.51. The zero-order valence-corrected chi connectivity index (χ0v) is 10.4. The lowest BCUT2D eigenvalue weighted by molar-refractivity contribution is 0.467. The number of rotatable bonds is 1. The van der Waals surface area contributed by atoms with Gasteiger partial charge in [0.15, 0.2) is 0 Å². The van der Waals surface area contributed by atoms with Crippen LogP contribution in [0.25, 0.3) is 0 Å². The van der Waals surface area contributed by atoms with E-state index in [9.17, 15) is 0 Å². The molecule has 4 rings (SSSR count). The van der Waals surface area contributed by atoms with E-state index in [1.54, 1.807) is 11.1 Å². The standard InChI is InChI=1S/C15H17N3/c1-2-11-4-5-13(8-12(11)3-1)15-14-9-16-10-18(14)7-6-17-15/h4-5,8-10,15,17H,1-3,6-7H2. The smallest absolute Gasteiger partial charge is 0.0949 e. The van der Waals surface area contributed by atoms with E-state index in [1.807, 2.05) is 12.5 Å². The maximum absolute atomic E-state index is 4.27. The van der Waals surface area contributed by atoms with Crippen LogP contribution >= 0.6 is 0 Å². The second-order valence-corrected chi connectivity index (χ2v) is 5.28. The van der Waals surface area contributed by atoms with E-state index in [1.165, 1.54) is 30.5 Å². The highest BCUT2D eigenvalue weighted by Crippen LogP contribution is 2.29. The molecule has 0 saturated heterocycles. The molecular formula is C15H17N3. The Morgan fingerprint density at radius 2 is 2.17 bits per heavy atom. The van der Waals surface area contributed by atoms with Gasteiger partial charge in [-0.3, -0.25) is 0 Å². The van der Waals surface area contributed by atoms with E-state index in [0.717, 1.165) is 13.1 Å². The van der Waals surface area contributed by atoms with Crippen LogP contribution in [0.3, 0.4) is 0 Å². The van der Waals surface area contributed by atoms with Crippen LogP contribution in [-0.4, -0.2) is 16.1 Å². The van der Waals surface area contributed by atoms with Crippen LogP contribution in [-0.2, 0) is 19.4 Å². The van der Waals surface area contributed by atoms with E-state index < -0.39 is 0 Å². The molecule has 0 amide bonds. The monoisotopic (exact) mass is 239 g/mol. The third-order valence-corrected chi connectivity index (χ3v) is 4.20. The van der Waals surface area contributed by atoms with Gasteiger partial charge in [-0.25, -0.2) is 4.98 Å². The zero-order chi connectivity index (χ0) is 11.9. The summed E-state index contributed by atoms with van der Waals surface area (Å²) in [5, 5.41) is 3.61. The first kappa shape index (κ1) is 10.3. The molecule has 3 heteroatoms. The van der Waals surface area contributed by atoms with Crippen LogP contribution in [0.2, 0.25) is 0 Å². The van der Waals surface area contributed by atoms with Gasteiger partial charge >= 0.3 is 0 Å². The summed E-state index contributed by atoms with van der Waals surface area (Å²) in [6, 6.07) is 7.30. The molecule has 0 fully saturated rings. The first-order valence-electron chi connectivity index (χ1n) is 6.77. The number of aromatic nitrogens is 2. The lowest BCUT2D eigenvalue weighted by Crippen LogP contribution is -2.33. The van der Waals surface area contributed by atoms with E-state index in [4.69, 9.17) is 0 Å². The maximum Gasteiger partial charge on any atom is 0.0949 e. The first-order valence-corrected chi connectivity index (χ1v) is 6.77. The van der Waals surface area contributed by atoms with Crippen LogP contribution in [0.1, 0.15) is 34.8 Å². The van der Waals surface area contributed by atoms with Crippen molar-refractivity contribution in [1.29, 1.82) is 0 Å². The molecule has 0 bridgehead atoms. The van der Waals surface area contributed by atoms with Gasteiger partial charge in [0.05, 0.1) is 24.3 Å². The van der Waals surface area contributed by atoms with Crippen molar-refractivity contribution in [3.05, 3.63) is 53.1 Å². The molecule has 18 heavy (non-hydrogen) atoms. The van der Waals surface area contributed by atoms with Crippen molar-refractivity contribution in [2.24, 2.45) is 0 Å². The van der Waals surface area contributed by atoms with Crippen LogP contribution < -0.4 is 5.32 Å². The summed E-state index contributed by atoms with van der Waals surface area (Å²) < 4.78 is 2.26. The molecule has 1 N–H and O–H groups in total. The van der Waals surface area contributed by atoms with Crippen molar-refractivity contribution in [2.75, 3.05) is 6.54 Å². The Morgan fingerprint density at radius 3 is 3.17 bits per heavy atom. The van der Waals surface area contributed by atoms with Gasteiger partial charge in [-0.05, 0) is 36.0 Å². The number of fused-ring (bicyclic) bond motifs is 2. The largest absolute Gasteiger partial charge is 0.332 e. The van der Waals surface area contributed by atoms with Crippen molar-refractivity contribution in [3.8, 4) is 0 Å². The summed E-state index contributed by atoms with van der Waals surface area (Å²) in [6.07, 6.45) is 7.75. The van der Waals surface area contributed by atoms with E-state index in [2.05, 4.69) is 33.1 Å². The molecule has 1 aliphatic carbocycles. The first-order chi connectivity index (χ1) is 8.92. The highest BCUT2D eigenvalue weighted by molar-refractivity contribution is 5.39. The third-order valence-electron chi connectivity index (χ3n) is 4.20. The Labute approximate surface area is 107 Å². The van der Waals surface area contributed by atoms with Crippen molar-refractivity contribution < 1.29 is 0 Å². The van der Waals surface area contributed by atoms with Crippen molar-refractivity contribution in [2.45, 2.75) is 31.8 Å². The minimum Gasteiger partial charge on any atom is -0.332 e. The molecule has 92 valence electrons. The number of hydrogen-bond acceptors (Lipinski definition) is 2. The van der Waals surface area contributed by atoms with E-state index in [-0.39, 0.29) is 0 Å². The SMILES string of the molecule is c1cc2c(cc1C1NCCn3cncc31)CCC2. The lowest BCUT2D eigenvalue weighted by atomic mass is 9.98. The minimum atomic E-state index is 0.312. The van der Waals surface area contributed by atoms with Gasteiger partial charge in [0.25, 0.3) is 0 Å². The van der Waals surface area contributed by atoms with Crippen LogP contribution in [0, 0.1) is 0 Å². The molecule has 1 aliphatic heterocycles. The summed E-state index contributed by atoms with van der Waals surface area (Å²) in [5.41, 5.74) is 5.77. The number of nitrogens with one attached hydrogen (secondary N) is 1. The van der Waals surface area contributed by atoms with Crippen LogP contribution in [0.15, 0.2) is 30.7 Å². The van der Waals surface area contributed by atoms with Gasteiger partial charge in [-0.1, -0.05) is 18.2 Å². The fourth-order valence-electron chi connectivity index (χ4n) is 3.25. The quantitative estimate of drug-likeness (QED) is 0.825. The number of hydrogen-bond donors (Lipinski definition) is 1. The zero-order valence-electron chi connectivity index (χ0n) is 10.4. The number of imidazole rings is 1. The van der Waals surface area contributed by atoms with Crippen molar-refractivity contribution in [3.63, 3.8) is 0 Å². The molecule has 0 spiro atoms. The maximum atomic E-state index is 4.27. The predicted molar refractivity (Wildman–Crippen MR) is 70.5 cm³/mol. The summed E-state index contributed by atoms with van der Waals surface area (Å²) in [5.74, 6) is 0. The Hall–Kier alpha value is -1.61. The summed E-state index contributed by atoms with van der Waals surface area (Å²) in [7, 11) is 0. The number of nitrogens with zero attached hydrogens (tertiary/aromatic N) is 2. The molecule has 1 atom stereocenters. The second kappa shape index (κ2) is 3.95. The lowest BCUT2D eigenvalue weighted by Gasteiger charge is -2.26. The topological polar surface area (TPSA) is 29.9 Å². The van der Waals surface area contributed by atoms with Gasteiger partial charge in [0.2, 0.25) is 0 Å². The molecule has 0 radical (unpaired) electrons. The van der Waals surface area contributed by atoms with Crippen molar-refractivity contribution in [1.82, 2.24) is 14.9 Å². The summed E-state index contributed by atoms with van der Waals surface area (Å²) >= 11 is 0. The fraction of sp³-hybridized carbons (Fsp3) is 0.400. The molecule has 2 heterocycles. The predicted octanol–water partition coefficient (Wildman–Crippen LogP) is 2.06. The Morgan fingerprint density at radius 1 is 1.22 bits per heavy atom. The Balaban J connectivity index is 1.76. The number of benzene rings is 1. The normalized spacial score (nSPS) is 21.7. The summed E-state index contributed by atoms with van der Waals surface area (Å²) in [6.45, 7) is 2.04. The average Bonchev–Trinajstić information content (AvgIpc) is 3.05. The fourth-order valence-corrected chi connectivity index (χ4v) is 3.25. The van der Waals surface area contributed by atoms with Gasteiger partial charge in [-0.15, -0.1) is 0 Å². The molecular weight excluding hydrogens is 222 g/mol. The Kier molecular flexibility index (Phi) is 2.27. The minimum absolute atomic E-state index is 0.312. The molecule has 1 aromatic carbocycles. The van der Waals surface area contributed by atoms with Crippen molar-refractivity contribution >= 4 is 0 Å².